The van der Waals surface area contributed by atoms with E-state index in [1.807, 2.05) is 0 Å². The van der Waals surface area contributed by atoms with E-state index >= 15 is 0 Å². The number of benzene rings is 1. The van der Waals surface area contributed by atoms with E-state index in [2.05, 4.69) is 0 Å². The van der Waals surface area contributed by atoms with Crippen LogP contribution < -0.4 is 10.5 Å². The van der Waals surface area contributed by atoms with Crippen LogP contribution in [0.4, 0.5) is 0 Å². The molecule has 1 aliphatic carbocycles. The van der Waals surface area contributed by atoms with Gasteiger partial charge in [0.2, 0.25) is 10.0 Å². The minimum atomic E-state index is -3.38. The van der Waals surface area contributed by atoms with Crippen molar-refractivity contribution in [2.75, 3.05) is 14.1 Å². The summed E-state index contributed by atoms with van der Waals surface area (Å²) in [6.07, 6.45) is 4.14. The van der Waals surface area contributed by atoms with Gasteiger partial charge in [0.1, 0.15) is 11.9 Å². The molecule has 2 N–H and O–H groups in total. The first kappa shape index (κ1) is 15.3. The van der Waals surface area contributed by atoms with Crippen molar-refractivity contribution in [3.05, 3.63) is 24.3 Å². The van der Waals surface area contributed by atoms with Gasteiger partial charge >= 0.3 is 0 Å². The Morgan fingerprint density at radius 2 is 1.85 bits per heavy atom. The molecule has 112 valence electrons. The van der Waals surface area contributed by atoms with E-state index in [4.69, 9.17) is 10.5 Å². The molecule has 1 aromatic carbocycles. The Hall–Kier alpha value is -1.11. The first-order valence-electron chi connectivity index (χ1n) is 6.84. The molecule has 0 radical (unpaired) electrons. The third-order valence-corrected chi connectivity index (χ3v) is 5.40. The van der Waals surface area contributed by atoms with E-state index in [-0.39, 0.29) is 17.0 Å². The van der Waals surface area contributed by atoms with Gasteiger partial charge in [0.15, 0.2) is 0 Å². The highest BCUT2D eigenvalue weighted by Crippen LogP contribution is 2.24. The maximum absolute atomic E-state index is 11.9. The molecule has 0 bridgehead atoms. The van der Waals surface area contributed by atoms with Crippen molar-refractivity contribution in [1.82, 2.24) is 4.31 Å². The van der Waals surface area contributed by atoms with Crippen LogP contribution in [0.2, 0.25) is 0 Å². The standard InChI is InChI=1S/C14H22N2O3S/c1-16(2)20(17,18)14-8-6-12(7-9-14)19-13-5-3-4-11(15)10-13/h6-9,11,13H,3-5,10,15H2,1-2H3. The Morgan fingerprint density at radius 3 is 2.40 bits per heavy atom. The van der Waals surface area contributed by atoms with Gasteiger partial charge in [-0.05, 0) is 49.9 Å². The summed E-state index contributed by atoms with van der Waals surface area (Å²) in [6.45, 7) is 0. The fraction of sp³-hybridized carbons (Fsp3) is 0.571. The molecule has 1 saturated carbocycles. The summed E-state index contributed by atoms with van der Waals surface area (Å²) in [7, 11) is -0.344. The molecule has 0 saturated heterocycles. The molecule has 0 spiro atoms. The molecule has 5 nitrogen and oxygen atoms in total. The first-order chi connectivity index (χ1) is 9.39. The molecule has 0 amide bonds. The molecule has 2 rings (SSSR count). The smallest absolute Gasteiger partial charge is 0.242 e. The predicted octanol–water partition coefficient (Wildman–Crippen LogP) is 1.59. The predicted molar refractivity (Wildman–Crippen MR) is 78.2 cm³/mol. The van der Waals surface area contributed by atoms with Crippen molar-refractivity contribution >= 4 is 10.0 Å². The molecular formula is C14H22N2O3S. The van der Waals surface area contributed by atoms with Gasteiger partial charge in [-0.15, -0.1) is 0 Å². The summed E-state index contributed by atoms with van der Waals surface area (Å²) in [5, 5.41) is 0. The van der Waals surface area contributed by atoms with Crippen LogP contribution in [-0.2, 0) is 10.0 Å². The van der Waals surface area contributed by atoms with E-state index < -0.39 is 10.0 Å². The molecule has 2 atom stereocenters. The third-order valence-electron chi connectivity index (χ3n) is 3.57. The first-order valence-corrected chi connectivity index (χ1v) is 8.28. The lowest BCUT2D eigenvalue weighted by atomic mass is 9.93. The van der Waals surface area contributed by atoms with Crippen LogP contribution >= 0.6 is 0 Å². The normalized spacial score (nSPS) is 23.8. The minimum Gasteiger partial charge on any atom is -0.490 e. The quantitative estimate of drug-likeness (QED) is 0.916. The number of hydrogen-bond acceptors (Lipinski definition) is 4. The number of hydrogen-bond donors (Lipinski definition) is 1. The zero-order valence-corrected chi connectivity index (χ0v) is 12.8. The Kier molecular flexibility index (Phi) is 4.67. The second-order valence-electron chi connectivity index (χ2n) is 5.43. The van der Waals surface area contributed by atoms with E-state index in [9.17, 15) is 8.42 Å². The van der Waals surface area contributed by atoms with E-state index in [0.717, 1.165) is 25.7 Å². The van der Waals surface area contributed by atoms with Crippen molar-refractivity contribution in [3.63, 3.8) is 0 Å². The molecule has 1 aliphatic rings. The minimum absolute atomic E-state index is 0.134. The van der Waals surface area contributed by atoms with Gasteiger partial charge in [-0.3, -0.25) is 0 Å². The lowest BCUT2D eigenvalue weighted by Gasteiger charge is -2.27. The molecule has 0 aromatic heterocycles. The summed E-state index contributed by atoms with van der Waals surface area (Å²) in [5.74, 6) is 0.696. The molecule has 0 heterocycles. The van der Waals surface area contributed by atoms with Gasteiger partial charge in [-0.2, -0.15) is 0 Å². The summed E-state index contributed by atoms with van der Waals surface area (Å²) in [5.41, 5.74) is 5.93. The Bertz CT molecular complexity index is 540. The van der Waals surface area contributed by atoms with Gasteiger partial charge in [-0.25, -0.2) is 12.7 Å². The zero-order valence-electron chi connectivity index (χ0n) is 12.0. The van der Waals surface area contributed by atoms with Crippen LogP contribution in [0.5, 0.6) is 5.75 Å². The Labute approximate surface area is 120 Å². The zero-order chi connectivity index (χ0) is 14.8. The van der Waals surface area contributed by atoms with Crippen LogP contribution in [-0.4, -0.2) is 39.0 Å². The summed E-state index contributed by atoms with van der Waals surface area (Å²) in [6, 6.07) is 6.77. The average molecular weight is 298 g/mol. The number of nitrogens with zero attached hydrogens (tertiary/aromatic N) is 1. The van der Waals surface area contributed by atoms with Crippen molar-refractivity contribution < 1.29 is 13.2 Å². The maximum Gasteiger partial charge on any atom is 0.242 e. The molecule has 20 heavy (non-hydrogen) atoms. The van der Waals surface area contributed by atoms with Crippen LogP contribution in [0.25, 0.3) is 0 Å². The SMILES string of the molecule is CN(C)S(=O)(=O)c1ccc(OC2CCCC(N)C2)cc1. The molecule has 2 unspecified atom stereocenters. The summed E-state index contributed by atoms with van der Waals surface area (Å²) < 4.78 is 31.0. The highest BCUT2D eigenvalue weighted by molar-refractivity contribution is 7.89. The average Bonchev–Trinajstić information content (AvgIpc) is 2.39. The monoisotopic (exact) mass is 298 g/mol. The molecule has 6 heteroatoms. The van der Waals surface area contributed by atoms with Crippen molar-refractivity contribution in [2.45, 2.75) is 42.7 Å². The van der Waals surface area contributed by atoms with E-state index in [0.29, 0.717) is 5.75 Å². The lowest BCUT2D eigenvalue weighted by molar-refractivity contribution is 0.144. The van der Waals surface area contributed by atoms with Crippen molar-refractivity contribution in [1.29, 1.82) is 0 Å². The number of rotatable bonds is 4. The summed E-state index contributed by atoms with van der Waals surface area (Å²) in [4.78, 5) is 0.273. The van der Waals surface area contributed by atoms with Crippen LogP contribution in [0.1, 0.15) is 25.7 Å². The lowest BCUT2D eigenvalue weighted by Crippen LogP contribution is -2.33. The van der Waals surface area contributed by atoms with E-state index in [1.54, 1.807) is 24.3 Å². The fourth-order valence-corrected chi connectivity index (χ4v) is 3.28. The molecule has 0 aliphatic heterocycles. The number of ether oxygens (including phenoxy) is 1. The Balaban J connectivity index is 2.05. The van der Waals surface area contributed by atoms with E-state index in [1.165, 1.54) is 18.4 Å². The van der Waals surface area contributed by atoms with Gasteiger partial charge < -0.3 is 10.5 Å². The van der Waals surface area contributed by atoms with Crippen molar-refractivity contribution in [3.8, 4) is 5.75 Å². The van der Waals surface area contributed by atoms with Gasteiger partial charge in [0.05, 0.1) is 4.90 Å². The maximum atomic E-state index is 11.9. The van der Waals surface area contributed by atoms with Crippen molar-refractivity contribution in [2.24, 2.45) is 5.73 Å². The summed E-state index contributed by atoms with van der Waals surface area (Å²) >= 11 is 0. The van der Waals surface area contributed by atoms with Gasteiger partial charge in [0.25, 0.3) is 0 Å². The topological polar surface area (TPSA) is 72.6 Å². The van der Waals surface area contributed by atoms with Crippen LogP contribution in [0.15, 0.2) is 29.2 Å². The molecule has 1 aromatic rings. The fourth-order valence-electron chi connectivity index (χ4n) is 2.38. The molecular weight excluding hydrogens is 276 g/mol. The number of sulfonamides is 1. The van der Waals surface area contributed by atoms with Crippen LogP contribution in [0, 0.1) is 0 Å². The Morgan fingerprint density at radius 1 is 1.20 bits per heavy atom. The number of nitrogens with two attached hydrogens (primary N) is 1. The van der Waals surface area contributed by atoms with Gasteiger partial charge in [0, 0.05) is 20.1 Å². The third kappa shape index (κ3) is 3.50. The highest BCUT2D eigenvalue weighted by atomic mass is 32.2. The largest absolute Gasteiger partial charge is 0.490 e. The van der Waals surface area contributed by atoms with Gasteiger partial charge in [-0.1, -0.05) is 0 Å². The second kappa shape index (κ2) is 6.11. The highest BCUT2D eigenvalue weighted by Gasteiger charge is 2.21. The van der Waals surface area contributed by atoms with Crippen LogP contribution in [0.3, 0.4) is 0 Å². The molecule has 1 fully saturated rings. The second-order valence-corrected chi connectivity index (χ2v) is 7.58.